The number of halogens is 3. The number of carbonyl (C=O) groups is 1. The molecule has 0 aliphatic carbocycles. The van der Waals surface area contributed by atoms with Crippen LogP contribution in [0.1, 0.15) is 22.3 Å². The minimum atomic E-state index is -1.05. The third kappa shape index (κ3) is 4.66. The van der Waals surface area contributed by atoms with Crippen LogP contribution in [0, 0.1) is 18.6 Å². The first kappa shape index (κ1) is 21.9. The molecule has 1 amide bonds. The van der Waals surface area contributed by atoms with Crippen LogP contribution in [0.4, 0.5) is 13.9 Å². The molecule has 0 aliphatic heterocycles. The lowest BCUT2D eigenvalue weighted by Gasteiger charge is -2.20. The molecule has 0 aliphatic rings. The van der Waals surface area contributed by atoms with E-state index in [-0.39, 0.29) is 18.0 Å². The smallest absolute Gasteiger partial charge is 0.260 e. The van der Waals surface area contributed by atoms with Crippen LogP contribution in [-0.4, -0.2) is 27.0 Å². The van der Waals surface area contributed by atoms with Crippen LogP contribution in [0.25, 0.3) is 10.2 Å². The number of aryl methyl sites for hydroxylation is 2. The molecule has 5 nitrogen and oxygen atoms in total. The third-order valence-corrected chi connectivity index (χ3v) is 5.57. The van der Waals surface area contributed by atoms with Gasteiger partial charge in [0.1, 0.15) is 0 Å². The molecule has 2 heterocycles. The summed E-state index contributed by atoms with van der Waals surface area (Å²) in [5, 5.41) is 0.533. The van der Waals surface area contributed by atoms with Crippen LogP contribution in [-0.2, 0) is 6.54 Å². The Morgan fingerprint density at radius 2 is 2.00 bits per heavy atom. The Kier molecular flexibility index (Phi) is 6.79. The van der Waals surface area contributed by atoms with Crippen LogP contribution < -0.4 is 4.90 Å². The van der Waals surface area contributed by atoms with Gasteiger partial charge in [0, 0.05) is 31.0 Å². The van der Waals surface area contributed by atoms with Crippen molar-refractivity contribution in [1.29, 1.82) is 0 Å². The average Bonchev–Trinajstić information content (AvgIpc) is 3.36. The van der Waals surface area contributed by atoms with E-state index < -0.39 is 17.5 Å². The summed E-state index contributed by atoms with van der Waals surface area (Å²) >= 11 is 1.40. The first-order valence-electron chi connectivity index (χ1n) is 9.11. The highest BCUT2D eigenvalue weighted by molar-refractivity contribution is 7.22. The molecule has 0 atom stereocenters. The van der Waals surface area contributed by atoms with E-state index in [1.165, 1.54) is 22.3 Å². The Labute approximate surface area is 182 Å². The normalized spacial score (nSPS) is 10.8. The van der Waals surface area contributed by atoms with Gasteiger partial charge in [0.15, 0.2) is 16.8 Å². The highest BCUT2D eigenvalue weighted by atomic mass is 35.5. The van der Waals surface area contributed by atoms with Crippen LogP contribution >= 0.6 is 23.7 Å². The van der Waals surface area contributed by atoms with E-state index in [9.17, 15) is 13.6 Å². The predicted octanol–water partition coefficient (Wildman–Crippen LogP) is 5.24. The van der Waals surface area contributed by atoms with Gasteiger partial charge in [-0.2, -0.15) is 0 Å². The molecule has 0 fully saturated rings. The summed E-state index contributed by atoms with van der Waals surface area (Å²) < 4.78 is 29.9. The molecule has 0 saturated carbocycles. The van der Waals surface area contributed by atoms with Crippen molar-refractivity contribution >= 4 is 45.0 Å². The van der Waals surface area contributed by atoms with Gasteiger partial charge in [0.05, 0.1) is 16.5 Å². The zero-order valence-electron chi connectivity index (χ0n) is 16.1. The number of carbonyl (C=O) groups excluding carboxylic acids is 1. The number of imidazole rings is 1. The van der Waals surface area contributed by atoms with Crippen molar-refractivity contribution in [2.24, 2.45) is 0 Å². The average molecular weight is 449 g/mol. The number of anilines is 1. The molecule has 2 aromatic heterocycles. The van der Waals surface area contributed by atoms with E-state index in [0.717, 1.165) is 27.9 Å². The summed E-state index contributed by atoms with van der Waals surface area (Å²) in [5.41, 5.74) is 1.99. The highest BCUT2D eigenvalue weighted by Gasteiger charge is 2.22. The lowest BCUT2D eigenvalue weighted by Crippen LogP contribution is -2.32. The number of amides is 1. The van der Waals surface area contributed by atoms with Gasteiger partial charge < -0.3 is 4.57 Å². The van der Waals surface area contributed by atoms with Gasteiger partial charge in [-0.05, 0) is 49.2 Å². The number of thiazole rings is 1. The van der Waals surface area contributed by atoms with Gasteiger partial charge in [-0.15, -0.1) is 12.4 Å². The molecule has 0 radical (unpaired) electrons. The first-order valence-corrected chi connectivity index (χ1v) is 9.93. The lowest BCUT2D eigenvalue weighted by molar-refractivity contribution is 0.0985. The van der Waals surface area contributed by atoms with Crippen molar-refractivity contribution in [3.63, 3.8) is 0 Å². The van der Waals surface area contributed by atoms with Crippen LogP contribution in [0.2, 0.25) is 0 Å². The fraction of sp³-hybridized carbons (Fsp3) is 0.190. The zero-order chi connectivity index (χ0) is 20.4. The molecule has 156 valence electrons. The monoisotopic (exact) mass is 448 g/mol. The molecule has 0 bridgehead atoms. The van der Waals surface area contributed by atoms with Gasteiger partial charge in [-0.3, -0.25) is 9.69 Å². The largest absolute Gasteiger partial charge is 0.337 e. The summed E-state index contributed by atoms with van der Waals surface area (Å²) in [6, 6.07) is 9.08. The number of nitrogens with zero attached hydrogens (tertiary/aromatic N) is 4. The molecule has 30 heavy (non-hydrogen) atoms. The topological polar surface area (TPSA) is 51.0 Å². The number of fused-ring (bicyclic) bond motifs is 1. The van der Waals surface area contributed by atoms with Crippen LogP contribution in [0.15, 0.2) is 55.1 Å². The number of aromatic nitrogens is 3. The molecule has 0 saturated heterocycles. The first-order chi connectivity index (χ1) is 14.0. The van der Waals surface area contributed by atoms with Crippen molar-refractivity contribution in [1.82, 2.24) is 14.5 Å². The summed E-state index contributed by atoms with van der Waals surface area (Å²) in [6.45, 7) is 3.05. The van der Waals surface area contributed by atoms with Crippen LogP contribution in [0.3, 0.4) is 0 Å². The zero-order valence-corrected chi connectivity index (χ0v) is 17.7. The molecular formula is C21H19ClF2N4OS. The second-order valence-corrected chi connectivity index (χ2v) is 7.72. The number of benzene rings is 2. The summed E-state index contributed by atoms with van der Waals surface area (Å²) in [4.78, 5) is 23.3. The quantitative estimate of drug-likeness (QED) is 0.405. The van der Waals surface area contributed by atoms with Gasteiger partial charge >= 0.3 is 0 Å². The van der Waals surface area contributed by atoms with Gasteiger partial charge in [0.2, 0.25) is 0 Å². The van der Waals surface area contributed by atoms with Crippen LogP contribution in [0.5, 0.6) is 0 Å². The van der Waals surface area contributed by atoms with E-state index in [4.69, 9.17) is 0 Å². The minimum absolute atomic E-state index is 0. The van der Waals surface area contributed by atoms with E-state index in [0.29, 0.717) is 24.6 Å². The molecule has 0 N–H and O–H groups in total. The summed E-state index contributed by atoms with van der Waals surface area (Å²) in [5.74, 6) is -2.44. The maximum atomic E-state index is 13.7. The minimum Gasteiger partial charge on any atom is -0.337 e. The van der Waals surface area contributed by atoms with E-state index >= 15 is 0 Å². The molecule has 9 heteroatoms. The SMILES string of the molecule is Cc1ccc2nc(N(CCCn3ccnc3)C(=O)c3ccc(F)c(F)c3)sc2c1.Cl. The number of hydrogen-bond donors (Lipinski definition) is 0. The molecule has 0 unspecified atom stereocenters. The summed E-state index contributed by atoms with van der Waals surface area (Å²) in [6.07, 6.45) is 5.91. The Morgan fingerprint density at radius 3 is 2.73 bits per heavy atom. The molecular weight excluding hydrogens is 430 g/mol. The predicted molar refractivity (Wildman–Crippen MR) is 116 cm³/mol. The number of hydrogen-bond acceptors (Lipinski definition) is 4. The van der Waals surface area contributed by atoms with Crippen molar-refractivity contribution in [2.75, 3.05) is 11.4 Å². The Morgan fingerprint density at radius 1 is 1.17 bits per heavy atom. The molecule has 0 spiro atoms. The van der Waals surface area contributed by atoms with E-state index in [2.05, 4.69) is 9.97 Å². The Bertz CT molecular complexity index is 1160. The van der Waals surface area contributed by atoms with Gasteiger partial charge in [-0.1, -0.05) is 17.4 Å². The second-order valence-electron chi connectivity index (χ2n) is 6.71. The van der Waals surface area contributed by atoms with Crippen molar-refractivity contribution in [3.05, 3.63) is 77.9 Å². The van der Waals surface area contributed by atoms with E-state index in [1.807, 2.05) is 35.9 Å². The van der Waals surface area contributed by atoms with Crippen molar-refractivity contribution in [3.8, 4) is 0 Å². The maximum Gasteiger partial charge on any atom is 0.260 e. The van der Waals surface area contributed by atoms with Crippen molar-refractivity contribution in [2.45, 2.75) is 19.9 Å². The van der Waals surface area contributed by atoms with Gasteiger partial charge in [-0.25, -0.2) is 18.7 Å². The fourth-order valence-electron chi connectivity index (χ4n) is 3.03. The summed E-state index contributed by atoms with van der Waals surface area (Å²) in [7, 11) is 0. The van der Waals surface area contributed by atoms with E-state index in [1.54, 1.807) is 12.5 Å². The molecule has 2 aromatic carbocycles. The second kappa shape index (κ2) is 9.32. The van der Waals surface area contributed by atoms with Crippen molar-refractivity contribution < 1.29 is 13.6 Å². The third-order valence-electron chi connectivity index (χ3n) is 4.53. The highest BCUT2D eigenvalue weighted by Crippen LogP contribution is 2.30. The fourth-order valence-corrected chi connectivity index (χ4v) is 4.12. The lowest BCUT2D eigenvalue weighted by atomic mass is 10.2. The number of rotatable bonds is 6. The van der Waals surface area contributed by atoms with Gasteiger partial charge in [0.25, 0.3) is 5.91 Å². The Hall–Kier alpha value is -2.84. The molecule has 4 aromatic rings. The standard InChI is InChI=1S/C21H18F2N4OS.ClH/c1-14-3-6-18-19(11-14)29-21(25-18)27(9-2-8-26-10-7-24-13-26)20(28)15-4-5-16(22)17(23)12-15;/h3-7,10-13H,2,8-9H2,1H3;1H. The Balaban J connectivity index is 0.00000256. The maximum absolute atomic E-state index is 13.7. The molecule has 4 rings (SSSR count).